The zero-order chi connectivity index (χ0) is 8.97. The molecule has 1 atom stereocenters. The monoisotopic (exact) mass is 187 g/mol. The Kier molecular flexibility index (Phi) is 3.47. The van der Waals surface area contributed by atoms with E-state index in [1.807, 2.05) is 0 Å². The van der Waals surface area contributed by atoms with Crippen LogP contribution in [0.4, 0.5) is 4.79 Å². The molecule has 1 aliphatic rings. The van der Waals surface area contributed by atoms with Gasteiger partial charge in [-0.25, -0.2) is 4.79 Å². The fraction of sp³-hybridized carbons (Fsp3) is 0.625. The third-order valence-electron chi connectivity index (χ3n) is 1.75. The van der Waals surface area contributed by atoms with Crippen LogP contribution in [0, 0.1) is 0 Å². The summed E-state index contributed by atoms with van der Waals surface area (Å²) >= 11 is 4.27. The van der Waals surface area contributed by atoms with Crippen molar-refractivity contribution in [3.05, 3.63) is 12.7 Å². The van der Waals surface area contributed by atoms with E-state index >= 15 is 0 Å². The van der Waals surface area contributed by atoms with Crippen LogP contribution in [0.15, 0.2) is 12.7 Å². The molecule has 0 saturated carbocycles. The summed E-state index contributed by atoms with van der Waals surface area (Å²) in [6.45, 7) is 5.20. The number of likely N-dealkylation sites (tertiary alicyclic amines) is 1. The van der Waals surface area contributed by atoms with E-state index in [2.05, 4.69) is 19.2 Å². The van der Waals surface area contributed by atoms with Crippen LogP contribution in [0.1, 0.15) is 6.42 Å². The molecule has 1 aliphatic heterocycles. The third kappa shape index (κ3) is 2.44. The second kappa shape index (κ2) is 4.40. The number of hydrogen-bond donors (Lipinski definition) is 1. The number of ether oxygens (including phenoxy) is 1. The molecule has 0 spiro atoms. The highest BCUT2D eigenvalue weighted by atomic mass is 32.1. The van der Waals surface area contributed by atoms with E-state index in [9.17, 15) is 4.79 Å². The van der Waals surface area contributed by atoms with E-state index in [0.29, 0.717) is 11.8 Å². The summed E-state index contributed by atoms with van der Waals surface area (Å²) in [7, 11) is 0. The number of carbonyl (C=O) groups excluding carboxylic acids is 1. The van der Waals surface area contributed by atoms with Crippen molar-refractivity contribution >= 4 is 18.7 Å². The predicted octanol–water partition coefficient (Wildman–Crippen LogP) is 1.31. The molecule has 1 heterocycles. The first-order valence-electron chi connectivity index (χ1n) is 3.94. The Morgan fingerprint density at radius 3 is 3.08 bits per heavy atom. The van der Waals surface area contributed by atoms with E-state index in [4.69, 9.17) is 4.74 Å². The maximum absolute atomic E-state index is 11.2. The Morgan fingerprint density at radius 2 is 2.58 bits per heavy atom. The summed E-state index contributed by atoms with van der Waals surface area (Å²) in [6.07, 6.45) is 2.25. The SMILES string of the molecule is C=CCOC(=O)N1CCC(S)C1. The Bertz CT molecular complexity index is 184. The molecule has 4 heteroatoms. The maximum Gasteiger partial charge on any atom is 0.410 e. The van der Waals surface area contributed by atoms with Gasteiger partial charge in [-0.3, -0.25) is 0 Å². The first kappa shape index (κ1) is 9.45. The number of thiol groups is 1. The van der Waals surface area contributed by atoms with Crippen LogP contribution in [0.25, 0.3) is 0 Å². The van der Waals surface area contributed by atoms with E-state index in [1.54, 1.807) is 11.0 Å². The summed E-state index contributed by atoms with van der Waals surface area (Å²) in [6, 6.07) is 0. The van der Waals surface area contributed by atoms with Gasteiger partial charge in [-0.2, -0.15) is 12.6 Å². The lowest BCUT2D eigenvalue weighted by molar-refractivity contribution is 0.121. The number of rotatable bonds is 2. The third-order valence-corrected chi connectivity index (χ3v) is 2.17. The van der Waals surface area contributed by atoms with Gasteiger partial charge in [-0.15, -0.1) is 0 Å². The van der Waals surface area contributed by atoms with Gasteiger partial charge in [0.2, 0.25) is 0 Å². The molecule has 0 bridgehead atoms. The summed E-state index contributed by atoms with van der Waals surface area (Å²) in [4.78, 5) is 12.8. The van der Waals surface area contributed by atoms with E-state index in [-0.39, 0.29) is 12.7 Å². The van der Waals surface area contributed by atoms with Gasteiger partial charge in [-0.1, -0.05) is 12.7 Å². The van der Waals surface area contributed by atoms with Crippen molar-refractivity contribution in [2.45, 2.75) is 11.7 Å². The lowest BCUT2D eigenvalue weighted by atomic mass is 10.4. The molecule has 1 unspecified atom stereocenters. The average molecular weight is 187 g/mol. The molecule has 1 amide bonds. The minimum Gasteiger partial charge on any atom is -0.445 e. The van der Waals surface area contributed by atoms with E-state index in [1.165, 1.54) is 0 Å². The summed E-state index contributed by atoms with van der Waals surface area (Å²) in [5.74, 6) is 0. The van der Waals surface area contributed by atoms with Crippen molar-refractivity contribution in [2.75, 3.05) is 19.7 Å². The smallest absolute Gasteiger partial charge is 0.410 e. The molecule has 1 saturated heterocycles. The van der Waals surface area contributed by atoms with Crippen LogP contribution in [-0.4, -0.2) is 35.9 Å². The van der Waals surface area contributed by atoms with Crippen molar-refractivity contribution in [1.29, 1.82) is 0 Å². The lowest BCUT2D eigenvalue weighted by Gasteiger charge is -2.14. The Balaban J connectivity index is 2.28. The predicted molar refractivity (Wildman–Crippen MR) is 50.5 cm³/mol. The molecule has 1 rings (SSSR count). The van der Waals surface area contributed by atoms with Gasteiger partial charge < -0.3 is 9.64 Å². The fourth-order valence-corrected chi connectivity index (χ4v) is 1.44. The van der Waals surface area contributed by atoms with Gasteiger partial charge >= 0.3 is 6.09 Å². The summed E-state index contributed by atoms with van der Waals surface area (Å²) in [5, 5.41) is 0.307. The molecule has 0 aromatic rings. The number of amides is 1. The molecule has 0 aliphatic carbocycles. The standard InChI is InChI=1S/C8H13NO2S/c1-2-5-11-8(10)9-4-3-7(12)6-9/h2,7,12H,1,3-6H2. The lowest BCUT2D eigenvalue weighted by Crippen LogP contribution is -2.29. The summed E-state index contributed by atoms with van der Waals surface area (Å²) < 4.78 is 4.86. The zero-order valence-corrected chi connectivity index (χ0v) is 7.80. The van der Waals surface area contributed by atoms with Crippen LogP contribution in [0.3, 0.4) is 0 Å². The molecule has 0 aromatic carbocycles. The van der Waals surface area contributed by atoms with E-state index in [0.717, 1.165) is 13.0 Å². The van der Waals surface area contributed by atoms with Crippen molar-refractivity contribution in [3.63, 3.8) is 0 Å². The minimum absolute atomic E-state index is 0.258. The van der Waals surface area contributed by atoms with Crippen LogP contribution in [0.2, 0.25) is 0 Å². The number of nitrogens with zero attached hydrogens (tertiary/aromatic N) is 1. The highest BCUT2D eigenvalue weighted by Crippen LogP contribution is 2.14. The molecular formula is C8H13NO2S. The molecule has 0 radical (unpaired) electrons. The van der Waals surface area contributed by atoms with Gasteiger partial charge in [0.25, 0.3) is 0 Å². The van der Waals surface area contributed by atoms with Crippen LogP contribution >= 0.6 is 12.6 Å². The summed E-state index contributed by atoms with van der Waals surface area (Å²) in [5.41, 5.74) is 0. The second-order valence-electron chi connectivity index (χ2n) is 2.75. The highest BCUT2D eigenvalue weighted by Gasteiger charge is 2.24. The molecule has 3 nitrogen and oxygen atoms in total. The normalized spacial score (nSPS) is 22.4. The van der Waals surface area contributed by atoms with Crippen molar-refractivity contribution in [2.24, 2.45) is 0 Å². The van der Waals surface area contributed by atoms with Gasteiger partial charge in [0.1, 0.15) is 6.61 Å². The van der Waals surface area contributed by atoms with Crippen molar-refractivity contribution in [1.82, 2.24) is 4.90 Å². The highest BCUT2D eigenvalue weighted by molar-refractivity contribution is 7.81. The Morgan fingerprint density at radius 1 is 1.83 bits per heavy atom. The molecular weight excluding hydrogens is 174 g/mol. The molecule has 0 N–H and O–H groups in total. The van der Waals surface area contributed by atoms with Crippen LogP contribution in [-0.2, 0) is 4.74 Å². The van der Waals surface area contributed by atoms with Crippen molar-refractivity contribution in [3.8, 4) is 0 Å². The molecule has 0 aromatic heterocycles. The molecule has 68 valence electrons. The van der Waals surface area contributed by atoms with E-state index < -0.39 is 0 Å². The topological polar surface area (TPSA) is 29.5 Å². The quantitative estimate of drug-likeness (QED) is 0.522. The Hall–Kier alpha value is -0.640. The number of carbonyl (C=O) groups is 1. The van der Waals surface area contributed by atoms with Gasteiger partial charge in [0.05, 0.1) is 0 Å². The number of hydrogen-bond acceptors (Lipinski definition) is 3. The zero-order valence-electron chi connectivity index (χ0n) is 6.90. The van der Waals surface area contributed by atoms with Crippen molar-refractivity contribution < 1.29 is 9.53 Å². The maximum atomic E-state index is 11.2. The van der Waals surface area contributed by atoms with Gasteiger partial charge in [0, 0.05) is 18.3 Å². The first-order chi connectivity index (χ1) is 5.74. The van der Waals surface area contributed by atoms with Crippen LogP contribution < -0.4 is 0 Å². The first-order valence-corrected chi connectivity index (χ1v) is 4.46. The van der Waals surface area contributed by atoms with Gasteiger partial charge in [-0.05, 0) is 6.42 Å². The van der Waals surface area contributed by atoms with Crippen LogP contribution in [0.5, 0.6) is 0 Å². The second-order valence-corrected chi connectivity index (χ2v) is 3.48. The molecule has 1 fully saturated rings. The average Bonchev–Trinajstić information content (AvgIpc) is 2.47. The fourth-order valence-electron chi connectivity index (χ4n) is 1.13. The molecule has 12 heavy (non-hydrogen) atoms. The largest absolute Gasteiger partial charge is 0.445 e. The van der Waals surface area contributed by atoms with Gasteiger partial charge in [0.15, 0.2) is 0 Å². The minimum atomic E-state index is -0.258. The Labute approximate surface area is 77.8 Å².